The van der Waals surface area contributed by atoms with Crippen molar-refractivity contribution in [3.8, 4) is 11.5 Å². The second kappa shape index (κ2) is 11.6. The molecule has 1 N–H and O–H groups in total. The second-order valence-electron chi connectivity index (χ2n) is 8.65. The van der Waals surface area contributed by atoms with Gasteiger partial charge in [-0.3, -0.25) is 25.0 Å². The Bertz CT molecular complexity index is 1520. The maximum atomic E-state index is 13.4. The first-order valence-electron chi connectivity index (χ1n) is 11.9. The first kappa shape index (κ1) is 27.8. The third-order valence-corrected chi connectivity index (χ3v) is 6.89. The zero-order valence-electron chi connectivity index (χ0n) is 21.3. The number of nitrogens with one attached hydrogen (secondary N) is 1. The molecule has 0 aliphatic carbocycles. The van der Waals surface area contributed by atoms with Crippen molar-refractivity contribution in [2.75, 3.05) is 11.5 Å². The molecule has 0 radical (unpaired) electrons. The van der Waals surface area contributed by atoms with Gasteiger partial charge < -0.3 is 9.47 Å². The summed E-state index contributed by atoms with van der Waals surface area (Å²) in [5, 5.41) is 13.1. The van der Waals surface area contributed by atoms with Crippen LogP contribution in [0.5, 0.6) is 11.5 Å². The number of anilines is 1. The van der Waals surface area contributed by atoms with Crippen molar-refractivity contribution in [1.82, 2.24) is 5.32 Å². The summed E-state index contributed by atoms with van der Waals surface area (Å²) in [6.07, 6.45) is 1.41. The Labute approximate surface area is 237 Å². The smallest absolute Gasteiger partial charge is 0.335 e. The number of ether oxygens (including phenoxy) is 2. The molecular formula is C28H24IN3O7. The van der Waals surface area contributed by atoms with Gasteiger partial charge in [0.1, 0.15) is 12.2 Å². The van der Waals surface area contributed by atoms with Gasteiger partial charge in [-0.15, -0.1) is 0 Å². The van der Waals surface area contributed by atoms with Crippen LogP contribution in [0.4, 0.5) is 16.2 Å². The van der Waals surface area contributed by atoms with Crippen LogP contribution < -0.4 is 19.7 Å². The van der Waals surface area contributed by atoms with Crippen molar-refractivity contribution in [1.29, 1.82) is 0 Å². The summed E-state index contributed by atoms with van der Waals surface area (Å²) >= 11 is 2.06. The number of amides is 4. The van der Waals surface area contributed by atoms with E-state index in [1.165, 1.54) is 18.2 Å². The third-order valence-electron chi connectivity index (χ3n) is 6.09. The fourth-order valence-electron chi connectivity index (χ4n) is 3.96. The molecule has 0 spiro atoms. The van der Waals surface area contributed by atoms with Crippen LogP contribution in [0.3, 0.4) is 0 Å². The SMILES string of the molecule is CCOc1cc(/C=C2\C(=O)NC(=O)N(c3cccc(C)c3C)C2=O)cc(I)c1OCc1ccc([N+](=O)[O-])cc1. The van der Waals surface area contributed by atoms with E-state index in [0.29, 0.717) is 32.9 Å². The quantitative estimate of drug-likeness (QED) is 0.114. The Balaban J connectivity index is 1.65. The van der Waals surface area contributed by atoms with Gasteiger partial charge in [0.15, 0.2) is 11.5 Å². The molecule has 10 nitrogen and oxygen atoms in total. The molecular weight excluding hydrogens is 617 g/mol. The minimum atomic E-state index is -0.810. The van der Waals surface area contributed by atoms with E-state index in [-0.39, 0.29) is 17.9 Å². The topological polar surface area (TPSA) is 128 Å². The number of hydrogen-bond acceptors (Lipinski definition) is 7. The lowest BCUT2D eigenvalue weighted by atomic mass is 10.0. The first-order valence-corrected chi connectivity index (χ1v) is 13.0. The van der Waals surface area contributed by atoms with E-state index in [2.05, 4.69) is 27.9 Å². The predicted octanol–water partition coefficient (Wildman–Crippen LogP) is 5.46. The van der Waals surface area contributed by atoms with Crippen molar-refractivity contribution in [2.45, 2.75) is 27.4 Å². The summed E-state index contributed by atoms with van der Waals surface area (Å²) in [5.41, 5.74) is 3.06. The van der Waals surface area contributed by atoms with Crippen molar-refractivity contribution < 1.29 is 28.8 Å². The molecule has 4 rings (SSSR count). The molecule has 39 heavy (non-hydrogen) atoms. The van der Waals surface area contributed by atoms with Crippen molar-refractivity contribution in [3.05, 3.63) is 96.1 Å². The Morgan fingerprint density at radius 2 is 1.77 bits per heavy atom. The number of imide groups is 2. The second-order valence-corrected chi connectivity index (χ2v) is 9.81. The molecule has 3 aromatic carbocycles. The average molecular weight is 641 g/mol. The molecule has 3 aromatic rings. The number of aryl methyl sites for hydroxylation is 1. The van der Waals surface area contributed by atoms with Crippen LogP contribution in [0.15, 0.2) is 60.2 Å². The van der Waals surface area contributed by atoms with E-state index in [4.69, 9.17) is 9.47 Å². The predicted molar refractivity (Wildman–Crippen MR) is 153 cm³/mol. The van der Waals surface area contributed by atoms with Gasteiger partial charge in [-0.2, -0.15) is 0 Å². The molecule has 0 aromatic heterocycles. The summed E-state index contributed by atoms with van der Waals surface area (Å²) in [4.78, 5) is 50.1. The number of urea groups is 1. The van der Waals surface area contributed by atoms with Crippen molar-refractivity contribution in [2.24, 2.45) is 0 Å². The van der Waals surface area contributed by atoms with E-state index < -0.39 is 22.8 Å². The zero-order valence-corrected chi connectivity index (χ0v) is 23.5. The van der Waals surface area contributed by atoms with Crippen LogP contribution in [0.2, 0.25) is 0 Å². The molecule has 1 heterocycles. The molecule has 1 aliphatic rings. The summed E-state index contributed by atoms with van der Waals surface area (Å²) in [7, 11) is 0. The van der Waals surface area contributed by atoms with Gasteiger partial charge in [0, 0.05) is 12.1 Å². The number of barbiturate groups is 1. The zero-order chi connectivity index (χ0) is 28.3. The Hall–Kier alpha value is -4.26. The Morgan fingerprint density at radius 1 is 1.05 bits per heavy atom. The summed E-state index contributed by atoms with van der Waals surface area (Å²) in [6.45, 7) is 5.96. The highest BCUT2D eigenvalue weighted by molar-refractivity contribution is 14.1. The third kappa shape index (κ3) is 5.93. The lowest BCUT2D eigenvalue weighted by Gasteiger charge is -2.28. The fraction of sp³-hybridized carbons (Fsp3) is 0.179. The Kier molecular flexibility index (Phi) is 8.29. The number of nitrogens with zero attached hydrogens (tertiary/aromatic N) is 2. The molecule has 0 unspecified atom stereocenters. The summed E-state index contributed by atoms with van der Waals surface area (Å²) < 4.78 is 12.4. The molecule has 1 saturated heterocycles. The molecule has 1 fully saturated rings. The summed E-state index contributed by atoms with van der Waals surface area (Å²) in [6, 6.07) is 13.8. The highest BCUT2D eigenvalue weighted by atomic mass is 127. The number of nitro benzene ring substituents is 1. The van der Waals surface area contributed by atoms with Crippen molar-refractivity contribution in [3.63, 3.8) is 0 Å². The van der Waals surface area contributed by atoms with Gasteiger partial charge in [0.05, 0.1) is 20.8 Å². The number of benzene rings is 3. The number of non-ortho nitro benzene ring substituents is 1. The molecule has 0 saturated carbocycles. The number of halogens is 1. The Morgan fingerprint density at radius 3 is 2.44 bits per heavy atom. The number of hydrogen-bond donors (Lipinski definition) is 1. The molecule has 0 atom stereocenters. The van der Waals surface area contributed by atoms with E-state index >= 15 is 0 Å². The standard InChI is InChI=1S/C28H24IN3O7/c1-4-38-24-14-19(13-22(29)25(24)39-15-18-8-10-20(11-9-18)32(36)37)12-21-26(33)30-28(35)31(27(21)34)23-7-5-6-16(2)17(23)3/h5-14H,4,15H2,1-3H3,(H,30,33,35)/b21-12+. The van der Waals surface area contributed by atoms with Crippen LogP contribution in [-0.2, 0) is 16.2 Å². The highest BCUT2D eigenvalue weighted by Gasteiger charge is 2.37. The summed E-state index contributed by atoms with van der Waals surface area (Å²) in [5.74, 6) is -0.684. The van der Waals surface area contributed by atoms with Gasteiger partial charge in [0.25, 0.3) is 17.5 Å². The number of nitro groups is 1. The lowest BCUT2D eigenvalue weighted by Crippen LogP contribution is -2.54. The van der Waals surface area contributed by atoms with Crippen molar-refractivity contribution >= 4 is 57.9 Å². The number of carbonyl (C=O) groups is 3. The molecule has 200 valence electrons. The van der Waals surface area contributed by atoms with E-state index in [9.17, 15) is 24.5 Å². The van der Waals surface area contributed by atoms with E-state index in [0.717, 1.165) is 21.6 Å². The highest BCUT2D eigenvalue weighted by Crippen LogP contribution is 2.36. The minimum Gasteiger partial charge on any atom is -0.490 e. The van der Waals surface area contributed by atoms with Gasteiger partial charge in [-0.05, 0) is 102 Å². The first-order chi connectivity index (χ1) is 18.6. The van der Waals surface area contributed by atoms with Crippen LogP contribution in [-0.4, -0.2) is 29.4 Å². The van der Waals surface area contributed by atoms with Crippen LogP contribution in [0.1, 0.15) is 29.2 Å². The van der Waals surface area contributed by atoms with Gasteiger partial charge >= 0.3 is 6.03 Å². The minimum absolute atomic E-state index is 0.0140. The molecule has 0 bridgehead atoms. The van der Waals surface area contributed by atoms with Gasteiger partial charge in [-0.25, -0.2) is 9.69 Å². The van der Waals surface area contributed by atoms with E-state index in [1.807, 2.05) is 19.9 Å². The largest absolute Gasteiger partial charge is 0.490 e. The van der Waals surface area contributed by atoms with Gasteiger partial charge in [0.2, 0.25) is 0 Å². The normalized spacial score (nSPS) is 14.4. The fourth-order valence-corrected chi connectivity index (χ4v) is 4.75. The maximum Gasteiger partial charge on any atom is 0.335 e. The number of carbonyl (C=O) groups excluding carboxylic acids is 3. The van der Waals surface area contributed by atoms with Crippen LogP contribution in [0.25, 0.3) is 6.08 Å². The van der Waals surface area contributed by atoms with Crippen LogP contribution in [0, 0.1) is 27.5 Å². The maximum absolute atomic E-state index is 13.4. The molecule has 4 amide bonds. The molecule has 11 heteroatoms. The monoisotopic (exact) mass is 641 g/mol. The molecule has 1 aliphatic heterocycles. The number of rotatable bonds is 8. The van der Waals surface area contributed by atoms with Gasteiger partial charge in [-0.1, -0.05) is 12.1 Å². The average Bonchev–Trinajstić information content (AvgIpc) is 2.89. The van der Waals surface area contributed by atoms with E-state index in [1.54, 1.807) is 43.3 Å². The van der Waals surface area contributed by atoms with Crippen LogP contribution >= 0.6 is 22.6 Å². The lowest BCUT2D eigenvalue weighted by molar-refractivity contribution is -0.384.